The van der Waals surface area contributed by atoms with Crippen LogP contribution in [0.4, 0.5) is 4.79 Å². The number of hydrogen-bond donors (Lipinski definition) is 1. The van der Waals surface area contributed by atoms with Gasteiger partial charge in [-0.3, -0.25) is 0 Å². The highest BCUT2D eigenvalue weighted by Crippen LogP contribution is 2.37. The van der Waals surface area contributed by atoms with E-state index in [1.165, 1.54) is 17.3 Å². The molecule has 37 heavy (non-hydrogen) atoms. The number of thioether (sulfide) groups is 1. The molecule has 0 aliphatic carbocycles. The zero-order valence-corrected chi connectivity index (χ0v) is 23.2. The average Bonchev–Trinajstić information content (AvgIpc) is 3.21. The summed E-state index contributed by atoms with van der Waals surface area (Å²) < 4.78 is 7.36. The maximum Gasteiger partial charge on any atom is 0.409 e. The Bertz CT molecular complexity index is 1160. The SMILES string of the molecule is CCCCOC(=O)N(CCCSc1nc2ccccc2n1C(C(=O)O)C(C)(C)C)CCc1ccccc1. The lowest BCUT2D eigenvalue weighted by Gasteiger charge is -2.29. The second-order valence-electron chi connectivity index (χ2n) is 10.3. The van der Waals surface area contributed by atoms with Crippen molar-refractivity contribution < 1.29 is 19.4 Å². The molecule has 1 unspecified atom stereocenters. The van der Waals surface area contributed by atoms with Gasteiger partial charge in [0.2, 0.25) is 0 Å². The molecule has 1 atom stereocenters. The number of aliphatic carboxylic acids is 1. The van der Waals surface area contributed by atoms with Crippen molar-refractivity contribution in [2.24, 2.45) is 5.41 Å². The summed E-state index contributed by atoms with van der Waals surface area (Å²) in [5, 5.41) is 10.8. The maximum absolute atomic E-state index is 12.8. The van der Waals surface area contributed by atoms with Crippen LogP contribution in [-0.2, 0) is 16.0 Å². The van der Waals surface area contributed by atoms with Gasteiger partial charge in [0.05, 0.1) is 17.6 Å². The minimum atomic E-state index is -0.876. The Balaban J connectivity index is 1.70. The van der Waals surface area contributed by atoms with Gasteiger partial charge in [-0.25, -0.2) is 14.6 Å². The molecule has 0 saturated carbocycles. The normalized spacial score (nSPS) is 12.4. The summed E-state index contributed by atoms with van der Waals surface area (Å²) in [5.74, 6) is -0.177. The van der Waals surface area contributed by atoms with Gasteiger partial charge in [0.1, 0.15) is 6.04 Å². The fraction of sp³-hybridized carbons (Fsp3) is 0.483. The molecule has 0 saturated heterocycles. The monoisotopic (exact) mass is 525 g/mol. The van der Waals surface area contributed by atoms with Crippen LogP contribution in [0.2, 0.25) is 0 Å². The van der Waals surface area contributed by atoms with Crippen molar-refractivity contribution in [1.29, 1.82) is 0 Å². The number of amides is 1. The van der Waals surface area contributed by atoms with Gasteiger partial charge in [0.25, 0.3) is 0 Å². The van der Waals surface area contributed by atoms with E-state index in [9.17, 15) is 14.7 Å². The zero-order chi connectivity index (χ0) is 26.8. The molecule has 0 fully saturated rings. The average molecular weight is 526 g/mol. The number of aromatic nitrogens is 2. The van der Waals surface area contributed by atoms with Crippen LogP contribution < -0.4 is 0 Å². The van der Waals surface area contributed by atoms with Crippen LogP contribution in [0.15, 0.2) is 59.8 Å². The van der Waals surface area contributed by atoms with Crippen molar-refractivity contribution in [3.8, 4) is 0 Å². The lowest BCUT2D eigenvalue weighted by Crippen LogP contribution is -2.35. The zero-order valence-electron chi connectivity index (χ0n) is 22.4. The fourth-order valence-electron chi connectivity index (χ4n) is 4.26. The van der Waals surface area contributed by atoms with Crippen LogP contribution in [0.25, 0.3) is 11.0 Å². The minimum absolute atomic E-state index is 0.278. The molecule has 1 heterocycles. The summed E-state index contributed by atoms with van der Waals surface area (Å²) >= 11 is 1.53. The summed E-state index contributed by atoms with van der Waals surface area (Å²) in [6.07, 6.45) is 3.04. The van der Waals surface area contributed by atoms with Gasteiger partial charge >= 0.3 is 12.1 Å². The molecule has 200 valence electrons. The highest BCUT2D eigenvalue weighted by atomic mass is 32.2. The number of imidazole rings is 1. The van der Waals surface area contributed by atoms with Gasteiger partial charge in [-0.15, -0.1) is 0 Å². The van der Waals surface area contributed by atoms with Gasteiger partial charge in [0.15, 0.2) is 5.16 Å². The molecule has 0 aliphatic heterocycles. The first kappa shape index (κ1) is 28.6. The molecule has 1 amide bonds. The van der Waals surface area contributed by atoms with Crippen LogP contribution in [0, 0.1) is 5.41 Å². The van der Waals surface area contributed by atoms with Gasteiger partial charge < -0.3 is 19.3 Å². The molecule has 8 heteroatoms. The van der Waals surface area contributed by atoms with Gasteiger partial charge in [0, 0.05) is 18.8 Å². The number of nitrogens with zero attached hydrogens (tertiary/aromatic N) is 3. The smallest absolute Gasteiger partial charge is 0.409 e. The van der Waals surface area contributed by atoms with Crippen LogP contribution >= 0.6 is 11.8 Å². The first-order valence-electron chi connectivity index (χ1n) is 13.0. The molecule has 1 aromatic heterocycles. The Morgan fingerprint density at radius 2 is 1.76 bits per heavy atom. The van der Waals surface area contributed by atoms with Crippen molar-refractivity contribution in [1.82, 2.24) is 14.5 Å². The Morgan fingerprint density at radius 3 is 2.43 bits per heavy atom. The summed E-state index contributed by atoms with van der Waals surface area (Å²) in [6.45, 7) is 9.45. The molecular weight excluding hydrogens is 486 g/mol. The van der Waals surface area contributed by atoms with Crippen LogP contribution in [0.1, 0.15) is 58.6 Å². The first-order valence-corrected chi connectivity index (χ1v) is 14.0. The number of hydrogen-bond acceptors (Lipinski definition) is 5. The Kier molecular flexibility index (Phi) is 10.4. The highest BCUT2D eigenvalue weighted by molar-refractivity contribution is 7.99. The number of carboxylic acids is 1. The lowest BCUT2D eigenvalue weighted by atomic mass is 9.86. The highest BCUT2D eigenvalue weighted by Gasteiger charge is 2.35. The second kappa shape index (κ2) is 13.5. The molecule has 1 N–H and O–H groups in total. The fourth-order valence-corrected chi connectivity index (χ4v) is 5.22. The Labute approximate surface area is 224 Å². The van der Waals surface area contributed by atoms with Crippen LogP contribution in [0.5, 0.6) is 0 Å². The van der Waals surface area contributed by atoms with E-state index < -0.39 is 17.4 Å². The Morgan fingerprint density at radius 1 is 1.05 bits per heavy atom. The predicted octanol–water partition coefficient (Wildman–Crippen LogP) is 6.67. The third kappa shape index (κ3) is 7.99. The van der Waals surface area contributed by atoms with Crippen molar-refractivity contribution in [2.45, 2.75) is 64.6 Å². The lowest BCUT2D eigenvalue weighted by molar-refractivity contribution is -0.144. The third-order valence-corrected chi connectivity index (χ3v) is 7.21. The summed E-state index contributed by atoms with van der Waals surface area (Å²) in [5.41, 5.74) is 2.28. The molecule has 3 rings (SSSR count). The van der Waals surface area contributed by atoms with E-state index in [0.29, 0.717) is 30.6 Å². The molecule has 7 nitrogen and oxygen atoms in total. The van der Waals surface area contributed by atoms with E-state index in [1.54, 1.807) is 4.90 Å². The van der Waals surface area contributed by atoms with Gasteiger partial charge in [-0.1, -0.05) is 88.3 Å². The number of benzene rings is 2. The molecule has 0 spiro atoms. The summed E-state index contributed by atoms with van der Waals surface area (Å²) in [4.78, 5) is 31.6. The largest absolute Gasteiger partial charge is 0.480 e. The number of para-hydroxylation sites is 2. The number of rotatable bonds is 13. The topological polar surface area (TPSA) is 84.7 Å². The van der Waals surface area contributed by atoms with Crippen LogP contribution in [0.3, 0.4) is 0 Å². The molecule has 3 aromatic rings. The minimum Gasteiger partial charge on any atom is -0.480 e. The summed E-state index contributed by atoms with van der Waals surface area (Å²) in [7, 11) is 0. The van der Waals surface area contributed by atoms with Crippen molar-refractivity contribution in [3.05, 3.63) is 60.2 Å². The van der Waals surface area contributed by atoms with E-state index in [4.69, 9.17) is 9.72 Å². The van der Waals surface area contributed by atoms with Crippen molar-refractivity contribution in [2.75, 3.05) is 25.4 Å². The Hall–Kier alpha value is -3.00. The molecule has 0 aliphatic rings. The van der Waals surface area contributed by atoms with Gasteiger partial charge in [-0.05, 0) is 42.4 Å². The number of carbonyl (C=O) groups excluding carboxylic acids is 1. The van der Waals surface area contributed by atoms with E-state index in [2.05, 4.69) is 19.1 Å². The maximum atomic E-state index is 12.8. The van der Waals surface area contributed by atoms with Crippen molar-refractivity contribution in [3.63, 3.8) is 0 Å². The summed E-state index contributed by atoms with van der Waals surface area (Å²) in [6, 6.07) is 17.0. The quantitative estimate of drug-likeness (QED) is 0.198. The standard InChI is InChI=1S/C29H39N3O4S/c1-5-6-20-36-28(35)31(19-17-22-13-8-7-9-14-22)18-12-21-37-27-30-23-15-10-11-16-24(23)32(27)25(26(33)34)29(2,3)4/h7-11,13-16,25H,5-6,12,17-21H2,1-4H3,(H,33,34). The van der Waals surface area contributed by atoms with Gasteiger partial charge in [-0.2, -0.15) is 0 Å². The van der Waals surface area contributed by atoms with E-state index in [-0.39, 0.29) is 6.09 Å². The molecule has 0 bridgehead atoms. The number of carbonyl (C=O) groups is 2. The molecule has 2 aromatic carbocycles. The predicted molar refractivity (Wildman–Crippen MR) is 149 cm³/mol. The van der Waals surface area contributed by atoms with E-state index >= 15 is 0 Å². The first-order chi connectivity index (χ1) is 17.7. The van der Waals surface area contributed by atoms with E-state index in [1.807, 2.05) is 67.8 Å². The molecule has 0 radical (unpaired) electrons. The van der Waals surface area contributed by atoms with E-state index in [0.717, 1.165) is 36.7 Å². The van der Waals surface area contributed by atoms with Crippen LogP contribution in [-0.4, -0.2) is 57.1 Å². The number of unbranched alkanes of at least 4 members (excludes halogenated alkanes) is 1. The third-order valence-electron chi connectivity index (χ3n) is 6.17. The number of fused-ring (bicyclic) bond motifs is 1. The number of ether oxygens (including phenoxy) is 1. The van der Waals surface area contributed by atoms with Crippen molar-refractivity contribution >= 4 is 34.9 Å². The number of carboxylic acid groups (broad SMARTS) is 1. The second-order valence-corrected chi connectivity index (χ2v) is 11.3. The molecular formula is C29H39N3O4S.